The van der Waals surface area contributed by atoms with Gasteiger partial charge in [0.05, 0.1) is 16.7 Å². The number of hydrogen-bond donors (Lipinski definition) is 2. The number of nitrogens with zero attached hydrogens (tertiary/aromatic N) is 2. The predicted octanol–water partition coefficient (Wildman–Crippen LogP) is 1.48. The zero-order valence-electron chi connectivity index (χ0n) is 13.4. The second kappa shape index (κ2) is 6.20. The second-order valence-electron chi connectivity index (χ2n) is 5.64. The van der Waals surface area contributed by atoms with Crippen LogP contribution in [0, 0.1) is 6.92 Å². The molecular formula is C16H18N4O3S. The van der Waals surface area contributed by atoms with Crippen LogP contribution in [0.4, 0.5) is 5.95 Å². The molecule has 0 aliphatic carbocycles. The van der Waals surface area contributed by atoms with Crippen molar-refractivity contribution >= 4 is 21.7 Å². The molecule has 126 valence electrons. The van der Waals surface area contributed by atoms with Crippen molar-refractivity contribution in [1.82, 2.24) is 15.3 Å². The number of amides is 1. The first-order valence-corrected chi connectivity index (χ1v) is 9.22. The van der Waals surface area contributed by atoms with Crippen LogP contribution >= 0.6 is 0 Å². The number of fused-ring (bicyclic) bond motifs is 1. The third-order valence-corrected chi connectivity index (χ3v) is 5.74. The fourth-order valence-electron chi connectivity index (χ4n) is 2.77. The molecule has 24 heavy (non-hydrogen) atoms. The maximum absolute atomic E-state index is 12.5. The normalized spacial score (nSPS) is 18.5. The van der Waals surface area contributed by atoms with Gasteiger partial charge in [0.25, 0.3) is 5.91 Å². The van der Waals surface area contributed by atoms with Crippen molar-refractivity contribution in [2.45, 2.75) is 24.3 Å². The SMILES string of the molecule is CNc1nc(C)cc(C(=O)N[C@@H]2CCS(=O)(=O)c3ccccc32)n1. The van der Waals surface area contributed by atoms with E-state index < -0.39 is 9.84 Å². The van der Waals surface area contributed by atoms with Gasteiger partial charge in [-0.3, -0.25) is 4.79 Å². The monoisotopic (exact) mass is 346 g/mol. The summed E-state index contributed by atoms with van der Waals surface area (Å²) in [4.78, 5) is 21.1. The van der Waals surface area contributed by atoms with Crippen LogP contribution in [0.15, 0.2) is 35.2 Å². The van der Waals surface area contributed by atoms with Gasteiger partial charge in [-0.15, -0.1) is 0 Å². The van der Waals surface area contributed by atoms with Gasteiger partial charge in [0.15, 0.2) is 9.84 Å². The number of rotatable bonds is 3. The third-order valence-electron chi connectivity index (χ3n) is 3.92. The highest BCUT2D eigenvalue weighted by Crippen LogP contribution is 2.32. The van der Waals surface area contributed by atoms with Gasteiger partial charge in [0, 0.05) is 12.7 Å². The Morgan fingerprint density at radius 3 is 2.75 bits per heavy atom. The van der Waals surface area contributed by atoms with Crippen molar-refractivity contribution in [2.24, 2.45) is 0 Å². The first kappa shape index (κ1) is 16.4. The Kier molecular flexibility index (Phi) is 4.23. The summed E-state index contributed by atoms with van der Waals surface area (Å²) in [5.74, 6) is 0.0300. The minimum atomic E-state index is -3.28. The summed E-state index contributed by atoms with van der Waals surface area (Å²) >= 11 is 0. The Hall–Kier alpha value is -2.48. The minimum absolute atomic E-state index is 0.0134. The van der Waals surface area contributed by atoms with Crippen molar-refractivity contribution in [3.63, 3.8) is 0 Å². The molecule has 2 heterocycles. The Labute approximate surface area is 140 Å². The molecule has 1 amide bonds. The Morgan fingerprint density at radius 1 is 1.25 bits per heavy atom. The molecule has 0 spiro atoms. The standard InChI is InChI=1S/C16H18N4O3S/c1-10-9-13(20-16(17-2)18-10)15(21)19-12-7-8-24(22,23)14-6-4-3-5-11(12)14/h3-6,9,12H,7-8H2,1-2H3,(H,19,21)(H,17,18,20)/t12-/m1/s1. The molecule has 1 aliphatic heterocycles. The molecule has 1 aliphatic rings. The number of benzene rings is 1. The summed E-state index contributed by atoms with van der Waals surface area (Å²) in [5.41, 5.74) is 1.54. The van der Waals surface area contributed by atoms with Gasteiger partial charge in [0.2, 0.25) is 5.95 Å². The summed E-state index contributed by atoms with van der Waals surface area (Å²) < 4.78 is 24.3. The van der Waals surface area contributed by atoms with E-state index in [9.17, 15) is 13.2 Å². The highest BCUT2D eigenvalue weighted by atomic mass is 32.2. The summed E-state index contributed by atoms with van der Waals surface area (Å²) in [5, 5.41) is 5.70. The quantitative estimate of drug-likeness (QED) is 0.873. The smallest absolute Gasteiger partial charge is 0.270 e. The van der Waals surface area contributed by atoms with Gasteiger partial charge < -0.3 is 10.6 Å². The number of aryl methyl sites for hydroxylation is 1. The fourth-order valence-corrected chi connectivity index (χ4v) is 4.39. The second-order valence-corrected chi connectivity index (χ2v) is 7.72. The number of sulfone groups is 1. The lowest BCUT2D eigenvalue weighted by Gasteiger charge is -2.26. The van der Waals surface area contributed by atoms with Gasteiger partial charge in [0.1, 0.15) is 5.69 Å². The first-order valence-electron chi connectivity index (χ1n) is 7.56. The molecule has 0 radical (unpaired) electrons. The third kappa shape index (κ3) is 3.09. The molecular weight excluding hydrogens is 328 g/mol. The number of nitrogens with one attached hydrogen (secondary N) is 2. The lowest BCUT2D eigenvalue weighted by molar-refractivity contribution is 0.0929. The van der Waals surface area contributed by atoms with E-state index in [0.29, 0.717) is 23.6 Å². The molecule has 1 aromatic heterocycles. The molecule has 0 bridgehead atoms. The van der Waals surface area contributed by atoms with Crippen LogP contribution in [0.2, 0.25) is 0 Å². The number of hydrogen-bond acceptors (Lipinski definition) is 6. The van der Waals surface area contributed by atoms with Gasteiger partial charge in [-0.1, -0.05) is 18.2 Å². The van der Waals surface area contributed by atoms with Crippen molar-refractivity contribution in [3.8, 4) is 0 Å². The number of aromatic nitrogens is 2. The van der Waals surface area contributed by atoms with Crippen LogP contribution in [0.25, 0.3) is 0 Å². The van der Waals surface area contributed by atoms with Crippen molar-refractivity contribution in [3.05, 3.63) is 47.3 Å². The summed E-state index contributed by atoms with van der Waals surface area (Å²) in [6.45, 7) is 1.78. The first-order chi connectivity index (χ1) is 11.4. The van der Waals surface area contributed by atoms with Crippen molar-refractivity contribution in [1.29, 1.82) is 0 Å². The van der Waals surface area contributed by atoms with E-state index in [1.54, 1.807) is 44.3 Å². The lowest BCUT2D eigenvalue weighted by Crippen LogP contribution is -2.34. The molecule has 0 unspecified atom stereocenters. The summed E-state index contributed by atoms with van der Waals surface area (Å²) in [6, 6.07) is 8.02. The summed E-state index contributed by atoms with van der Waals surface area (Å²) in [6.07, 6.45) is 0.341. The molecule has 0 saturated carbocycles. The highest BCUT2D eigenvalue weighted by molar-refractivity contribution is 7.91. The lowest BCUT2D eigenvalue weighted by atomic mass is 10.0. The largest absolute Gasteiger partial charge is 0.357 e. The molecule has 3 rings (SSSR count). The fraction of sp³-hybridized carbons (Fsp3) is 0.312. The maximum atomic E-state index is 12.5. The minimum Gasteiger partial charge on any atom is -0.357 e. The molecule has 1 aromatic carbocycles. The van der Waals surface area contributed by atoms with E-state index in [1.165, 1.54) is 0 Å². The topological polar surface area (TPSA) is 101 Å². The van der Waals surface area contributed by atoms with Crippen LogP contribution in [-0.4, -0.2) is 37.1 Å². The van der Waals surface area contributed by atoms with E-state index in [-0.39, 0.29) is 28.3 Å². The number of carbonyl (C=O) groups excluding carboxylic acids is 1. The van der Waals surface area contributed by atoms with Crippen molar-refractivity contribution in [2.75, 3.05) is 18.1 Å². The molecule has 1 atom stereocenters. The van der Waals surface area contributed by atoms with Crippen LogP contribution < -0.4 is 10.6 Å². The predicted molar refractivity (Wildman–Crippen MR) is 89.6 cm³/mol. The maximum Gasteiger partial charge on any atom is 0.270 e. The van der Waals surface area contributed by atoms with E-state index in [1.807, 2.05) is 0 Å². The average molecular weight is 346 g/mol. The summed E-state index contributed by atoms with van der Waals surface area (Å²) in [7, 11) is -1.60. The molecule has 8 heteroatoms. The van der Waals surface area contributed by atoms with Gasteiger partial charge in [-0.05, 0) is 31.0 Å². The Balaban J connectivity index is 1.89. The van der Waals surface area contributed by atoms with Crippen LogP contribution in [0.5, 0.6) is 0 Å². The van der Waals surface area contributed by atoms with E-state index in [0.717, 1.165) is 0 Å². The zero-order valence-corrected chi connectivity index (χ0v) is 14.2. The van der Waals surface area contributed by atoms with Crippen molar-refractivity contribution < 1.29 is 13.2 Å². The van der Waals surface area contributed by atoms with Gasteiger partial charge >= 0.3 is 0 Å². The number of carbonyl (C=O) groups is 1. The van der Waals surface area contributed by atoms with Gasteiger partial charge in [-0.2, -0.15) is 0 Å². The van der Waals surface area contributed by atoms with E-state index >= 15 is 0 Å². The Bertz CT molecular complexity index is 896. The zero-order chi connectivity index (χ0) is 17.3. The molecule has 7 nitrogen and oxygen atoms in total. The van der Waals surface area contributed by atoms with Crippen LogP contribution in [0.3, 0.4) is 0 Å². The molecule has 0 fully saturated rings. The molecule has 0 saturated heterocycles. The molecule has 2 N–H and O–H groups in total. The van der Waals surface area contributed by atoms with E-state index in [2.05, 4.69) is 20.6 Å². The Morgan fingerprint density at radius 2 is 2.00 bits per heavy atom. The number of anilines is 1. The van der Waals surface area contributed by atoms with Crippen LogP contribution in [-0.2, 0) is 9.84 Å². The van der Waals surface area contributed by atoms with E-state index in [4.69, 9.17) is 0 Å². The van der Waals surface area contributed by atoms with Gasteiger partial charge in [-0.25, -0.2) is 18.4 Å². The van der Waals surface area contributed by atoms with Crippen LogP contribution in [0.1, 0.15) is 34.2 Å². The average Bonchev–Trinajstić information content (AvgIpc) is 2.57. The molecule has 2 aromatic rings. The highest BCUT2D eigenvalue weighted by Gasteiger charge is 2.31.